The molecule has 0 saturated heterocycles. The van der Waals surface area contributed by atoms with Crippen LogP contribution in [0.25, 0.3) is 0 Å². The summed E-state index contributed by atoms with van der Waals surface area (Å²) in [4.78, 5) is 72.3. The second-order valence-corrected chi connectivity index (χ2v) is 30.1. The van der Waals surface area contributed by atoms with Crippen LogP contribution in [0.15, 0.2) is 0 Å². The van der Waals surface area contributed by atoms with E-state index in [9.17, 15) is 43.2 Å². The summed E-state index contributed by atoms with van der Waals surface area (Å²) in [6.07, 6.45) is 47.7. The van der Waals surface area contributed by atoms with Gasteiger partial charge in [-0.25, -0.2) is 9.13 Å². The van der Waals surface area contributed by atoms with Crippen LogP contribution in [0, 0.1) is 17.8 Å². The average molecular weight is 1340 g/mol. The molecule has 0 heterocycles. The molecule has 19 heteroatoms. The lowest BCUT2D eigenvalue weighted by Crippen LogP contribution is -2.30. The highest BCUT2D eigenvalue weighted by Crippen LogP contribution is 2.45. The van der Waals surface area contributed by atoms with Gasteiger partial charge in [0, 0.05) is 25.7 Å². The van der Waals surface area contributed by atoms with Crippen molar-refractivity contribution in [3.8, 4) is 0 Å². The molecule has 0 fully saturated rings. The summed E-state index contributed by atoms with van der Waals surface area (Å²) in [5.41, 5.74) is 0. The van der Waals surface area contributed by atoms with Crippen LogP contribution >= 0.6 is 15.6 Å². The van der Waals surface area contributed by atoms with Crippen LogP contribution in [-0.4, -0.2) is 96.7 Å². The van der Waals surface area contributed by atoms with E-state index >= 15 is 0 Å². The molecule has 91 heavy (non-hydrogen) atoms. The zero-order chi connectivity index (χ0) is 67.3. The van der Waals surface area contributed by atoms with Gasteiger partial charge in [0.25, 0.3) is 0 Å². The van der Waals surface area contributed by atoms with Crippen LogP contribution in [0.2, 0.25) is 0 Å². The summed E-state index contributed by atoms with van der Waals surface area (Å²) in [5.74, 6) is 0.192. The van der Waals surface area contributed by atoms with Crippen molar-refractivity contribution in [1.29, 1.82) is 0 Å². The van der Waals surface area contributed by atoms with Crippen LogP contribution in [0.4, 0.5) is 0 Å². The van der Waals surface area contributed by atoms with Crippen molar-refractivity contribution >= 4 is 39.5 Å². The van der Waals surface area contributed by atoms with Gasteiger partial charge in [-0.05, 0) is 43.4 Å². The largest absolute Gasteiger partial charge is 0.472 e. The summed E-state index contributed by atoms with van der Waals surface area (Å²) in [5, 5.41) is 10.6. The number of phosphoric acid groups is 2. The van der Waals surface area contributed by atoms with Gasteiger partial charge in [0.15, 0.2) is 12.2 Å². The molecule has 3 N–H and O–H groups in total. The van der Waals surface area contributed by atoms with Crippen LogP contribution in [-0.2, 0) is 65.4 Å². The van der Waals surface area contributed by atoms with E-state index < -0.39 is 97.5 Å². The maximum absolute atomic E-state index is 13.1. The molecule has 0 radical (unpaired) electrons. The van der Waals surface area contributed by atoms with Crippen LogP contribution in [0.3, 0.4) is 0 Å². The van der Waals surface area contributed by atoms with E-state index in [0.29, 0.717) is 25.7 Å². The molecule has 0 rings (SSSR count). The van der Waals surface area contributed by atoms with Crippen molar-refractivity contribution in [2.24, 2.45) is 17.8 Å². The van der Waals surface area contributed by atoms with Gasteiger partial charge in [0.2, 0.25) is 0 Å². The lowest BCUT2D eigenvalue weighted by Gasteiger charge is -2.21. The van der Waals surface area contributed by atoms with E-state index in [4.69, 9.17) is 37.0 Å². The summed E-state index contributed by atoms with van der Waals surface area (Å²) in [7, 11) is -9.89. The number of ether oxygens (including phenoxy) is 4. The first kappa shape index (κ1) is 89.1. The molecular weight excluding hydrogens is 1200 g/mol. The molecule has 0 aliphatic heterocycles. The lowest BCUT2D eigenvalue weighted by atomic mass is 10.00. The first-order valence-corrected chi connectivity index (χ1v) is 40.4. The number of rotatable bonds is 70. The third-order valence-corrected chi connectivity index (χ3v) is 18.9. The molecule has 0 spiro atoms. The van der Waals surface area contributed by atoms with Crippen molar-refractivity contribution in [3.63, 3.8) is 0 Å². The lowest BCUT2D eigenvalue weighted by molar-refractivity contribution is -0.161. The Morgan fingerprint density at radius 2 is 0.560 bits per heavy atom. The zero-order valence-electron chi connectivity index (χ0n) is 59.3. The molecule has 6 atom stereocenters. The Morgan fingerprint density at radius 3 is 0.835 bits per heavy atom. The fourth-order valence-corrected chi connectivity index (χ4v) is 12.4. The minimum Gasteiger partial charge on any atom is -0.462 e. The Kier molecular flexibility index (Phi) is 61.5. The molecule has 540 valence electrons. The maximum Gasteiger partial charge on any atom is 0.472 e. The maximum atomic E-state index is 13.1. The van der Waals surface area contributed by atoms with Crippen molar-refractivity contribution in [1.82, 2.24) is 0 Å². The van der Waals surface area contributed by atoms with Gasteiger partial charge in [-0.15, -0.1) is 0 Å². The van der Waals surface area contributed by atoms with Gasteiger partial charge in [-0.1, -0.05) is 312 Å². The van der Waals surface area contributed by atoms with E-state index in [1.54, 1.807) is 0 Å². The third kappa shape index (κ3) is 65.1. The molecule has 0 saturated carbocycles. The number of carbonyl (C=O) groups is 4. The third-order valence-electron chi connectivity index (χ3n) is 17.0. The average Bonchev–Trinajstić information content (AvgIpc) is 3.71. The Balaban J connectivity index is 5.14. The summed E-state index contributed by atoms with van der Waals surface area (Å²) in [6, 6.07) is 0. The van der Waals surface area contributed by atoms with Crippen LogP contribution < -0.4 is 0 Å². The second kappa shape index (κ2) is 62.8. The number of aliphatic hydroxyl groups excluding tert-OH is 1. The SMILES string of the molecule is CCCCCCCC(=O)OC[C@H](COP(=O)(O)OC[C@H](O)COP(=O)(O)OC[C@@H](COC(=O)CCCCCCCCCCCCCCCCC(C)C)OC(=O)CCCCCCCCCCCCCCCCCCC(C)C)OC(=O)CCCCCCCCC(C)CC. The number of aliphatic hydroxyl groups is 1. The van der Waals surface area contributed by atoms with Crippen LogP contribution in [0.1, 0.15) is 363 Å². The van der Waals surface area contributed by atoms with E-state index in [2.05, 4.69) is 48.5 Å². The fourth-order valence-electron chi connectivity index (χ4n) is 10.9. The quantitative estimate of drug-likeness (QED) is 0.0222. The molecule has 0 aromatic heterocycles. The molecule has 0 bridgehead atoms. The normalized spacial score (nSPS) is 14.5. The minimum absolute atomic E-state index is 0.102. The fraction of sp³-hybridized carbons (Fsp3) is 0.944. The molecule has 17 nitrogen and oxygen atoms in total. The Morgan fingerprint density at radius 1 is 0.319 bits per heavy atom. The molecule has 0 amide bonds. The monoisotopic (exact) mass is 1340 g/mol. The molecular formula is C72H140O17P2. The van der Waals surface area contributed by atoms with E-state index in [0.717, 1.165) is 114 Å². The summed E-state index contributed by atoms with van der Waals surface area (Å²) >= 11 is 0. The zero-order valence-corrected chi connectivity index (χ0v) is 61.1. The van der Waals surface area contributed by atoms with Gasteiger partial charge in [-0.2, -0.15) is 0 Å². The van der Waals surface area contributed by atoms with Crippen molar-refractivity contribution in [2.45, 2.75) is 381 Å². The van der Waals surface area contributed by atoms with E-state index in [1.165, 1.54) is 167 Å². The number of esters is 4. The second-order valence-electron chi connectivity index (χ2n) is 27.2. The first-order chi connectivity index (χ1) is 43.8. The van der Waals surface area contributed by atoms with Crippen LogP contribution in [0.5, 0.6) is 0 Å². The van der Waals surface area contributed by atoms with Crippen molar-refractivity contribution < 1.29 is 80.2 Å². The molecule has 0 aromatic carbocycles. The molecule has 3 unspecified atom stereocenters. The summed E-state index contributed by atoms with van der Waals surface area (Å²) < 4.78 is 68.1. The highest BCUT2D eigenvalue weighted by atomic mass is 31.2. The molecule has 0 aromatic rings. The Bertz CT molecular complexity index is 1790. The van der Waals surface area contributed by atoms with Gasteiger partial charge in [-0.3, -0.25) is 37.3 Å². The predicted octanol–water partition coefficient (Wildman–Crippen LogP) is 20.6. The minimum atomic E-state index is -4.95. The standard InChI is InChI=1S/C72H140O17P2/c1-8-10-11-36-46-53-69(74)82-59-67(89-72(77)56-49-42-35-34-39-45-52-65(7)9-2)61-86-90(78,79)84-57-66(73)58-85-91(80,81)87-62-68(60-83-70(75)54-47-40-32-28-24-20-17-16-19-23-27-31-38-44-51-64(5)6)88-71(76)55-48-41-33-29-25-21-15-13-12-14-18-22-26-30-37-43-50-63(3)4/h63-68,73H,8-62H2,1-7H3,(H,78,79)(H,80,81)/t65?,66-,67+,68+/m0/s1. The van der Waals surface area contributed by atoms with Gasteiger partial charge < -0.3 is 33.8 Å². The number of hydrogen-bond acceptors (Lipinski definition) is 15. The predicted molar refractivity (Wildman–Crippen MR) is 368 cm³/mol. The smallest absolute Gasteiger partial charge is 0.462 e. The first-order valence-electron chi connectivity index (χ1n) is 37.4. The molecule has 0 aliphatic rings. The van der Waals surface area contributed by atoms with Gasteiger partial charge >= 0.3 is 39.5 Å². The highest BCUT2D eigenvalue weighted by Gasteiger charge is 2.30. The van der Waals surface area contributed by atoms with Crippen molar-refractivity contribution in [3.05, 3.63) is 0 Å². The Labute approximate surface area is 556 Å². The van der Waals surface area contributed by atoms with E-state index in [1.807, 2.05) is 0 Å². The number of phosphoric ester groups is 2. The number of carbonyl (C=O) groups excluding carboxylic acids is 4. The van der Waals surface area contributed by atoms with Crippen molar-refractivity contribution in [2.75, 3.05) is 39.6 Å². The topological polar surface area (TPSA) is 237 Å². The summed E-state index contributed by atoms with van der Waals surface area (Å²) in [6.45, 7) is 11.8. The highest BCUT2D eigenvalue weighted by molar-refractivity contribution is 7.47. The molecule has 0 aliphatic carbocycles. The Hall–Kier alpha value is -1.94. The number of unbranched alkanes of at least 4 members (excludes halogenated alkanes) is 37. The van der Waals surface area contributed by atoms with E-state index in [-0.39, 0.29) is 25.7 Å². The van der Waals surface area contributed by atoms with Gasteiger partial charge in [0.05, 0.1) is 26.4 Å². The van der Waals surface area contributed by atoms with Gasteiger partial charge in [0.1, 0.15) is 19.3 Å². The number of hydrogen-bond donors (Lipinski definition) is 3.